The molecule has 0 heterocycles. The van der Waals surface area contributed by atoms with Crippen molar-refractivity contribution in [1.29, 1.82) is 5.26 Å². The first kappa shape index (κ1) is 17.3. The molecule has 0 aromatic heterocycles. The van der Waals surface area contributed by atoms with Crippen molar-refractivity contribution >= 4 is 18.4 Å². The molecule has 6 heteroatoms. The van der Waals surface area contributed by atoms with E-state index in [4.69, 9.17) is 19.8 Å². The van der Waals surface area contributed by atoms with E-state index in [0.29, 0.717) is 22.8 Å². The van der Waals surface area contributed by atoms with Crippen LogP contribution >= 0.6 is 12.4 Å². The van der Waals surface area contributed by atoms with Crippen LogP contribution in [0.1, 0.15) is 12.5 Å². The average Bonchev–Trinajstić information content (AvgIpc) is 2.50. The quantitative estimate of drug-likeness (QED) is 0.910. The zero-order chi connectivity index (χ0) is 15.2. The molecule has 1 unspecified atom stereocenters. The van der Waals surface area contributed by atoms with E-state index in [0.717, 1.165) is 0 Å². The number of carboxylic acid groups (broad SMARTS) is 1. The number of ether oxygens (including phenoxy) is 2. The number of carbonyl (C=O) groups is 1. The molecule has 0 aliphatic rings. The number of carboxylic acids is 1. The summed E-state index contributed by atoms with van der Waals surface area (Å²) in [5, 5.41) is 17.5. The van der Waals surface area contributed by atoms with Crippen LogP contribution in [-0.4, -0.2) is 17.2 Å². The lowest BCUT2D eigenvalue weighted by atomic mass is 10.2. The van der Waals surface area contributed by atoms with Crippen LogP contribution in [0.3, 0.4) is 0 Å². The SMILES string of the molecule is CC(Oc1ccc(Oc2ccc(C#N)cc2)cc1)C(=O)O.Cl. The fourth-order valence-electron chi connectivity index (χ4n) is 1.57. The van der Waals surface area contributed by atoms with Crippen LogP contribution < -0.4 is 9.47 Å². The van der Waals surface area contributed by atoms with E-state index in [-0.39, 0.29) is 12.4 Å². The normalized spacial score (nSPS) is 10.7. The summed E-state index contributed by atoms with van der Waals surface area (Å²) in [5.74, 6) is 0.640. The predicted octanol–water partition coefficient (Wildman–Crippen LogP) is 3.62. The Morgan fingerprint density at radius 3 is 1.95 bits per heavy atom. The molecule has 1 atom stereocenters. The molecule has 0 spiro atoms. The van der Waals surface area contributed by atoms with Crippen LogP contribution in [0.4, 0.5) is 0 Å². The summed E-state index contributed by atoms with van der Waals surface area (Å²) < 4.78 is 10.8. The Hall–Kier alpha value is -2.71. The van der Waals surface area contributed by atoms with Crippen molar-refractivity contribution < 1.29 is 19.4 Å². The second kappa shape index (κ2) is 7.91. The van der Waals surface area contributed by atoms with Crippen LogP contribution in [0.5, 0.6) is 17.2 Å². The van der Waals surface area contributed by atoms with Gasteiger partial charge < -0.3 is 14.6 Å². The summed E-state index contributed by atoms with van der Waals surface area (Å²) in [7, 11) is 0. The maximum Gasteiger partial charge on any atom is 0.344 e. The van der Waals surface area contributed by atoms with Crippen molar-refractivity contribution in [1.82, 2.24) is 0 Å². The minimum atomic E-state index is -1.02. The Morgan fingerprint density at radius 1 is 1.05 bits per heavy atom. The molecule has 0 bridgehead atoms. The highest BCUT2D eigenvalue weighted by Gasteiger charge is 2.12. The molecule has 0 fully saturated rings. The first-order valence-electron chi connectivity index (χ1n) is 6.26. The van der Waals surface area contributed by atoms with Gasteiger partial charge in [-0.25, -0.2) is 4.79 Å². The van der Waals surface area contributed by atoms with E-state index in [9.17, 15) is 4.79 Å². The number of hydrogen-bond donors (Lipinski definition) is 1. The fraction of sp³-hybridized carbons (Fsp3) is 0.125. The molecule has 114 valence electrons. The first-order valence-corrected chi connectivity index (χ1v) is 6.26. The minimum Gasteiger partial charge on any atom is -0.479 e. The topological polar surface area (TPSA) is 79.5 Å². The smallest absolute Gasteiger partial charge is 0.344 e. The van der Waals surface area contributed by atoms with E-state index in [1.165, 1.54) is 6.92 Å². The summed E-state index contributed by atoms with van der Waals surface area (Å²) in [6, 6.07) is 15.4. The van der Waals surface area contributed by atoms with Gasteiger partial charge in [-0.3, -0.25) is 0 Å². The summed E-state index contributed by atoms with van der Waals surface area (Å²) in [6.07, 6.45) is -0.907. The van der Waals surface area contributed by atoms with Gasteiger partial charge in [-0.05, 0) is 55.5 Å². The highest BCUT2D eigenvalue weighted by atomic mass is 35.5. The van der Waals surface area contributed by atoms with Crippen molar-refractivity contribution in [2.24, 2.45) is 0 Å². The summed E-state index contributed by atoms with van der Waals surface area (Å²) in [6.45, 7) is 1.46. The zero-order valence-electron chi connectivity index (χ0n) is 11.7. The third-order valence-corrected chi connectivity index (χ3v) is 2.70. The van der Waals surface area contributed by atoms with Crippen molar-refractivity contribution in [3.05, 3.63) is 54.1 Å². The molecule has 2 aromatic rings. The number of rotatable bonds is 5. The van der Waals surface area contributed by atoms with Crippen molar-refractivity contribution in [2.75, 3.05) is 0 Å². The zero-order valence-corrected chi connectivity index (χ0v) is 12.5. The van der Waals surface area contributed by atoms with Gasteiger partial charge in [0.2, 0.25) is 0 Å². The lowest BCUT2D eigenvalue weighted by molar-refractivity contribution is -0.144. The molecule has 0 aliphatic heterocycles. The Labute approximate surface area is 134 Å². The van der Waals surface area contributed by atoms with Crippen LogP contribution in [0.25, 0.3) is 0 Å². The lowest BCUT2D eigenvalue weighted by Crippen LogP contribution is -2.22. The van der Waals surface area contributed by atoms with Crippen LogP contribution in [0, 0.1) is 11.3 Å². The second-order valence-corrected chi connectivity index (χ2v) is 4.31. The highest BCUT2D eigenvalue weighted by molar-refractivity contribution is 5.85. The van der Waals surface area contributed by atoms with E-state index in [2.05, 4.69) is 0 Å². The van der Waals surface area contributed by atoms with Gasteiger partial charge >= 0.3 is 5.97 Å². The van der Waals surface area contributed by atoms with Gasteiger partial charge in [0.15, 0.2) is 6.10 Å². The van der Waals surface area contributed by atoms with E-state index in [1.807, 2.05) is 6.07 Å². The molecule has 5 nitrogen and oxygen atoms in total. The maximum atomic E-state index is 10.7. The van der Waals surface area contributed by atoms with E-state index < -0.39 is 12.1 Å². The average molecular weight is 320 g/mol. The molecule has 1 N–H and O–H groups in total. The summed E-state index contributed by atoms with van der Waals surface area (Å²) in [5.41, 5.74) is 0.564. The largest absolute Gasteiger partial charge is 0.479 e. The number of nitriles is 1. The van der Waals surface area contributed by atoms with Gasteiger partial charge in [0.05, 0.1) is 11.6 Å². The predicted molar refractivity (Wildman–Crippen MR) is 82.6 cm³/mol. The molecular formula is C16H14ClNO4. The Kier molecular flexibility index (Phi) is 6.24. The van der Waals surface area contributed by atoms with Crippen LogP contribution in [0.15, 0.2) is 48.5 Å². The Bertz CT molecular complexity index is 662. The lowest BCUT2D eigenvalue weighted by Gasteiger charge is -2.11. The first-order chi connectivity index (χ1) is 10.1. The number of aliphatic carboxylic acids is 1. The Balaban J connectivity index is 0.00000242. The summed E-state index contributed by atoms with van der Waals surface area (Å²) >= 11 is 0. The molecular weight excluding hydrogens is 306 g/mol. The standard InChI is InChI=1S/C16H13NO4.ClH/c1-11(16(18)19)20-13-6-8-15(9-7-13)21-14-4-2-12(10-17)3-5-14;/h2-9,11H,1H3,(H,18,19);1H. The minimum absolute atomic E-state index is 0. The molecule has 0 saturated carbocycles. The molecule has 0 saturated heterocycles. The van der Waals surface area contributed by atoms with Crippen molar-refractivity contribution in [3.63, 3.8) is 0 Å². The molecule has 2 aromatic carbocycles. The number of benzene rings is 2. The van der Waals surface area contributed by atoms with Crippen molar-refractivity contribution in [3.8, 4) is 23.3 Å². The molecule has 22 heavy (non-hydrogen) atoms. The van der Waals surface area contributed by atoms with Gasteiger partial charge in [0, 0.05) is 0 Å². The number of hydrogen-bond acceptors (Lipinski definition) is 4. The van der Waals surface area contributed by atoms with Gasteiger partial charge in [0.25, 0.3) is 0 Å². The van der Waals surface area contributed by atoms with Crippen LogP contribution in [0.2, 0.25) is 0 Å². The third-order valence-electron chi connectivity index (χ3n) is 2.70. The van der Waals surface area contributed by atoms with E-state index >= 15 is 0 Å². The Morgan fingerprint density at radius 2 is 1.50 bits per heavy atom. The number of nitrogens with zero attached hydrogens (tertiary/aromatic N) is 1. The molecule has 0 amide bonds. The van der Waals surface area contributed by atoms with Gasteiger partial charge in [0.1, 0.15) is 17.2 Å². The monoisotopic (exact) mass is 319 g/mol. The van der Waals surface area contributed by atoms with Crippen LogP contribution in [-0.2, 0) is 4.79 Å². The van der Waals surface area contributed by atoms with Gasteiger partial charge in [-0.15, -0.1) is 12.4 Å². The molecule has 0 aliphatic carbocycles. The second-order valence-electron chi connectivity index (χ2n) is 4.31. The highest BCUT2D eigenvalue weighted by Crippen LogP contribution is 2.24. The molecule has 0 radical (unpaired) electrons. The van der Waals surface area contributed by atoms with E-state index in [1.54, 1.807) is 48.5 Å². The molecule has 2 rings (SSSR count). The number of halogens is 1. The van der Waals surface area contributed by atoms with Gasteiger partial charge in [-0.1, -0.05) is 0 Å². The maximum absolute atomic E-state index is 10.7. The fourth-order valence-corrected chi connectivity index (χ4v) is 1.57. The van der Waals surface area contributed by atoms with Crippen molar-refractivity contribution in [2.45, 2.75) is 13.0 Å². The third kappa shape index (κ3) is 4.69. The van der Waals surface area contributed by atoms with Gasteiger partial charge in [-0.2, -0.15) is 5.26 Å². The summed E-state index contributed by atoms with van der Waals surface area (Å²) in [4.78, 5) is 10.7.